The highest BCUT2D eigenvalue weighted by atomic mass is 16.5. The molecule has 0 spiro atoms. The van der Waals surface area contributed by atoms with Gasteiger partial charge in [-0.15, -0.1) is 0 Å². The number of aromatic nitrogens is 1. The van der Waals surface area contributed by atoms with Crippen LogP contribution in [0.2, 0.25) is 0 Å². The zero-order chi connectivity index (χ0) is 19.5. The molecular formula is C20H33N3O4. The van der Waals surface area contributed by atoms with Crippen molar-refractivity contribution in [1.82, 2.24) is 4.98 Å². The number of hydrogen-bond acceptors (Lipinski definition) is 7. The number of unbranched alkanes of at least 4 members (excludes halogenated alkanes) is 1. The summed E-state index contributed by atoms with van der Waals surface area (Å²) in [7, 11) is 0. The number of nitrogens with two attached hydrogens (primary N) is 1. The maximum absolute atomic E-state index is 11.8. The van der Waals surface area contributed by atoms with E-state index in [1.165, 1.54) is 0 Å². The molecule has 1 fully saturated rings. The van der Waals surface area contributed by atoms with Gasteiger partial charge in [0.15, 0.2) is 0 Å². The van der Waals surface area contributed by atoms with E-state index in [9.17, 15) is 4.79 Å². The van der Waals surface area contributed by atoms with Gasteiger partial charge in [-0.05, 0) is 39.0 Å². The summed E-state index contributed by atoms with van der Waals surface area (Å²) in [6, 6.07) is 2.12. The number of hydrogen-bond donors (Lipinski definition) is 2. The monoisotopic (exact) mass is 379 g/mol. The lowest BCUT2D eigenvalue weighted by Gasteiger charge is -2.29. The van der Waals surface area contributed by atoms with Gasteiger partial charge in [0.05, 0.1) is 36.7 Å². The van der Waals surface area contributed by atoms with E-state index in [4.69, 9.17) is 19.9 Å². The lowest BCUT2D eigenvalue weighted by molar-refractivity contribution is -0.149. The number of nitrogen functional groups attached to an aromatic ring is 1. The quantitative estimate of drug-likeness (QED) is 0.449. The minimum Gasteiger partial charge on any atom is -0.475 e. The lowest BCUT2D eigenvalue weighted by Crippen LogP contribution is -2.30. The molecule has 1 aliphatic rings. The molecule has 7 heteroatoms. The number of nitrogens with zero attached hydrogens (tertiary/aromatic N) is 1. The third-order valence-electron chi connectivity index (χ3n) is 4.74. The van der Waals surface area contributed by atoms with Gasteiger partial charge < -0.3 is 25.3 Å². The maximum Gasteiger partial charge on any atom is 0.308 e. The van der Waals surface area contributed by atoms with Crippen LogP contribution in [0.3, 0.4) is 0 Å². The summed E-state index contributed by atoms with van der Waals surface area (Å²) in [5, 5.41) is 3.47. The fourth-order valence-electron chi connectivity index (χ4n) is 3.16. The van der Waals surface area contributed by atoms with Crippen molar-refractivity contribution >= 4 is 17.3 Å². The van der Waals surface area contributed by atoms with Gasteiger partial charge in [-0.25, -0.2) is 4.98 Å². The molecule has 27 heavy (non-hydrogen) atoms. The highest BCUT2D eigenvalue weighted by molar-refractivity contribution is 5.72. The fourth-order valence-corrected chi connectivity index (χ4v) is 3.16. The molecule has 1 aliphatic carbocycles. The summed E-state index contributed by atoms with van der Waals surface area (Å²) in [6.07, 6.45) is 7.28. The van der Waals surface area contributed by atoms with Crippen molar-refractivity contribution in [2.45, 2.75) is 58.4 Å². The molecule has 0 aromatic carbocycles. The molecule has 2 rings (SSSR count). The third-order valence-corrected chi connectivity index (χ3v) is 4.74. The molecule has 1 aromatic rings. The first-order chi connectivity index (χ1) is 13.1. The molecule has 0 aliphatic heterocycles. The van der Waals surface area contributed by atoms with E-state index >= 15 is 0 Å². The summed E-state index contributed by atoms with van der Waals surface area (Å²) in [5.74, 6) is 0.478. The molecule has 1 aromatic heterocycles. The number of nitrogens with one attached hydrogen (secondary N) is 1. The predicted molar refractivity (Wildman–Crippen MR) is 106 cm³/mol. The summed E-state index contributed by atoms with van der Waals surface area (Å²) >= 11 is 0. The normalized spacial score (nSPS) is 19.5. The Labute approximate surface area is 162 Å². The lowest BCUT2D eigenvalue weighted by atomic mass is 9.86. The van der Waals surface area contributed by atoms with E-state index in [0.29, 0.717) is 31.4 Å². The zero-order valence-corrected chi connectivity index (χ0v) is 16.5. The van der Waals surface area contributed by atoms with Gasteiger partial charge in [0.2, 0.25) is 5.88 Å². The van der Waals surface area contributed by atoms with E-state index in [0.717, 1.165) is 50.8 Å². The van der Waals surface area contributed by atoms with Gasteiger partial charge >= 0.3 is 5.97 Å². The Morgan fingerprint density at radius 1 is 1.22 bits per heavy atom. The summed E-state index contributed by atoms with van der Waals surface area (Å²) in [6.45, 7) is 6.19. The summed E-state index contributed by atoms with van der Waals surface area (Å²) in [4.78, 5) is 16.1. The number of rotatable bonds is 11. The molecule has 0 unspecified atom stereocenters. The molecular weight excluding hydrogens is 346 g/mol. The van der Waals surface area contributed by atoms with Crippen LogP contribution < -0.4 is 15.8 Å². The number of ether oxygens (including phenoxy) is 3. The second kappa shape index (κ2) is 11.6. The van der Waals surface area contributed by atoms with Crippen molar-refractivity contribution in [3.8, 4) is 5.88 Å². The van der Waals surface area contributed by atoms with Crippen LogP contribution in [0.1, 0.15) is 52.4 Å². The van der Waals surface area contributed by atoms with Gasteiger partial charge in [0.25, 0.3) is 0 Å². The zero-order valence-electron chi connectivity index (χ0n) is 16.5. The standard InChI is InChI=1S/C20H33N3O4/c1-3-5-10-25-11-12-27-19-13-18(17(21)14-22-19)23-16-8-6-15(7-9-16)20(24)26-4-2/h13-16H,3-12,21H2,1-2H3,(H,22,23). The van der Waals surface area contributed by atoms with Crippen LogP contribution in [0.15, 0.2) is 12.3 Å². The smallest absolute Gasteiger partial charge is 0.308 e. The average Bonchev–Trinajstić information content (AvgIpc) is 2.68. The van der Waals surface area contributed by atoms with Gasteiger partial charge in [0.1, 0.15) is 6.61 Å². The van der Waals surface area contributed by atoms with Crippen LogP contribution >= 0.6 is 0 Å². The first kappa shape index (κ1) is 21.3. The molecule has 1 heterocycles. The predicted octanol–water partition coefficient (Wildman–Crippen LogP) is 3.39. The number of pyridine rings is 1. The Morgan fingerprint density at radius 3 is 2.70 bits per heavy atom. The fraction of sp³-hybridized carbons (Fsp3) is 0.700. The van der Waals surface area contributed by atoms with Gasteiger partial charge in [-0.2, -0.15) is 0 Å². The van der Waals surface area contributed by atoms with Crippen molar-refractivity contribution in [2.75, 3.05) is 37.5 Å². The Kier molecular flexibility index (Phi) is 9.18. The molecule has 1 saturated carbocycles. The second-order valence-electron chi connectivity index (χ2n) is 6.87. The van der Waals surface area contributed by atoms with Crippen molar-refractivity contribution in [3.05, 3.63) is 12.3 Å². The van der Waals surface area contributed by atoms with E-state index in [2.05, 4.69) is 17.2 Å². The SMILES string of the molecule is CCCCOCCOc1cc(NC2CCC(C(=O)OCC)CC2)c(N)cn1. The van der Waals surface area contributed by atoms with Crippen LogP contribution in [0.4, 0.5) is 11.4 Å². The number of carbonyl (C=O) groups excluding carboxylic acids is 1. The van der Waals surface area contributed by atoms with Gasteiger partial charge in [0, 0.05) is 18.7 Å². The first-order valence-electron chi connectivity index (χ1n) is 10.0. The second-order valence-corrected chi connectivity index (χ2v) is 6.87. The molecule has 3 N–H and O–H groups in total. The van der Waals surface area contributed by atoms with Crippen molar-refractivity contribution < 1.29 is 19.0 Å². The Balaban J connectivity index is 1.78. The molecule has 7 nitrogen and oxygen atoms in total. The van der Waals surface area contributed by atoms with Crippen LogP contribution in [-0.4, -0.2) is 43.4 Å². The van der Waals surface area contributed by atoms with Crippen molar-refractivity contribution in [2.24, 2.45) is 5.92 Å². The summed E-state index contributed by atoms with van der Waals surface area (Å²) < 4.78 is 16.3. The Hall–Kier alpha value is -2.02. The van der Waals surface area contributed by atoms with Gasteiger partial charge in [-0.1, -0.05) is 13.3 Å². The molecule has 0 saturated heterocycles. The van der Waals surface area contributed by atoms with Crippen LogP contribution in [0.5, 0.6) is 5.88 Å². The van der Waals surface area contributed by atoms with E-state index in [1.54, 1.807) is 6.20 Å². The van der Waals surface area contributed by atoms with Crippen molar-refractivity contribution in [3.63, 3.8) is 0 Å². The van der Waals surface area contributed by atoms with Crippen LogP contribution in [0, 0.1) is 5.92 Å². The number of anilines is 2. The minimum absolute atomic E-state index is 0.0180. The molecule has 0 atom stereocenters. The third kappa shape index (κ3) is 7.25. The first-order valence-corrected chi connectivity index (χ1v) is 10.0. The van der Waals surface area contributed by atoms with Crippen molar-refractivity contribution in [1.29, 1.82) is 0 Å². The largest absolute Gasteiger partial charge is 0.475 e. The topological polar surface area (TPSA) is 95.7 Å². The summed E-state index contributed by atoms with van der Waals surface area (Å²) in [5.41, 5.74) is 7.47. The van der Waals surface area contributed by atoms with Gasteiger partial charge in [-0.3, -0.25) is 4.79 Å². The Morgan fingerprint density at radius 2 is 2.00 bits per heavy atom. The highest BCUT2D eigenvalue weighted by Crippen LogP contribution is 2.30. The highest BCUT2D eigenvalue weighted by Gasteiger charge is 2.27. The average molecular weight is 380 g/mol. The minimum atomic E-state index is -0.0729. The maximum atomic E-state index is 11.8. The molecule has 0 amide bonds. The van der Waals surface area contributed by atoms with E-state index in [-0.39, 0.29) is 17.9 Å². The molecule has 0 bridgehead atoms. The molecule has 0 radical (unpaired) electrons. The van der Waals surface area contributed by atoms with Crippen LogP contribution in [0.25, 0.3) is 0 Å². The number of esters is 1. The molecule has 152 valence electrons. The number of carbonyl (C=O) groups is 1. The van der Waals surface area contributed by atoms with E-state index < -0.39 is 0 Å². The van der Waals surface area contributed by atoms with Crippen LogP contribution in [-0.2, 0) is 14.3 Å². The Bertz CT molecular complexity index is 574. The van der Waals surface area contributed by atoms with E-state index in [1.807, 2.05) is 13.0 Å².